The van der Waals surface area contributed by atoms with Crippen LogP contribution in [0.5, 0.6) is 0 Å². The molecule has 1 aliphatic carbocycles. The molecule has 2 rings (SSSR count). The quantitative estimate of drug-likeness (QED) is 0.797. The molecular formula is C15H30N2. The van der Waals surface area contributed by atoms with Crippen molar-refractivity contribution in [1.29, 1.82) is 0 Å². The van der Waals surface area contributed by atoms with E-state index in [-0.39, 0.29) is 5.54 Å². The van der Waals surface area contributed by atoms with Crippen molar-refractivity contribution in [2.24, 2.45) is 11.7 Å². The van der Waals surface area contributed by atoms with Crippen molar-refractivity contribution >= 4 is 0 Å². The lowest BCUT2D eigenvalue weighted by atomic mass is 9.82. The fourth-order valence-electron chi connectivity index (χ4n) is 3.81. The molecule has 2 aliphatic rings. The Balaban J connectivity index is 1.94. The largest absolute Gasteiger partial charge is 0.326 e. The zero-order valence-electron chi connectivity index (χ0n) is 11.8. The summed E-state index contributed by atoms with van der Waals surface area (Å²) in [6.45, 7) is 7.25. The minimum absolute atomic E-state index is 0.249. The van der Waals surface area contributed by atoms with Crippen molar-refractivity contribution in [2.45, 2.75) is 76.8 Å². The molecule has 2 unspecified atom stereocenters. The maximum atomic E-state index is 6.58. The van der Waals surface area contributed by atoms with Gasteiger partial charge in [0.15, 0.2) is 0 Å². The Morgan fingerprint density at radius 3 is 2.29 bits per heavy atom. The van der Waals surface area contributed by atoms with Gasteiger partial charge in [-0.2, -0.15) is 0 Å². The molecule has 1 aliphatic heterocycles. The molecule has 100 valence electrons. The van der Waals surface area contributed by atoms with Crippen molar-refractivity contribution in [2.75, 3.05) is 13.1 Å². The van der Waals surface area contributed by atoms with Crippen molar-refractivity contribution in [3.63, 3.8) is 0 Å². The monoisotopic (exact) mass is 238 g/mol. The van der Waals surface area contributed by atoms with E-state index >= 15 is 0 Å². The first-order chi connectivity index (χ1) is 8.16. The van der Waals surface area contributed by atoms with Gasteiger partial charge >= 0.3 is 0 Å². The molecule has 0 aromatic rings. The molecule has 2 heteroatoms. The standard InChI is InChI=1S/C15H30N2/c1-3-15(2,17-10-6-7-11-17)14(16)12-13-8-4-5-9-13/h13-14H,3-12,16H2,1-2H3. The molecule has 0 spiro atoms. The predicted molar refractivity (Wildman–Crippen MR) is 74.1 cm³/mol. The smallest absolute Gasteiger partial charge is 0.0329 e. The molecule has 2 nitrogen and oxygen atoms in total. The Bertz CT molecular complexity index is 229. The van der Waals surface area contributed by atoms with Gasteiger partial charge in [0.05, 0.1) is 0 Å². The van der Waals surface area contributed by atoms with E-state index in [1.165, 1.54) is 64.5 Å². The first-order valence-corrected chi connectivity index (χ1v) is 7.67. The summed E-state index contributed by atoms with van der Waals surface area (Å²) in [5, 5.41) is 0. The molecule has 0 radical (unpaired) electrons. The van der Waals surface area contributed by atoms with Gasteiger partial charge in [0, 0.05) is 11.6 Å². The third kappa shape index (κ3) is 2.85. The molecular weight excluding hydrogens is 208 g/mol. The van der Waals surface area contributed by atoms with Crippen LogP contribution in [0.4, 0.5) is 0 Å². The molecule has 1 heterocycles. The van der Waals surface area contributed by atoms with Crippen molar-refractivity contribution in [3.05, 3.63) is 0 Å². The Morgan fingerprint density at radius 2 is 1.76 bits per heavy atom. The van der Waals surface area contributed by atoms with E-state index in [1.807, 2.05) is 0 Å². The van der Waals surface area contributed by atoms with Crippen LogP contribution in [0.1, 0.15) is 65.2 Å². The van der Waals surface area contributed by atoms with Crippen LogP contribution in [0, 0.1) is 5.92 Å². The van der Waals surface area contributed by atoms with Gasteiger partial charge in [0.2, 0.25) is 0 Å². The lowest BCUT2D eigenvalue weighted by Crippen LogP contribution is -2.57. The van der Waals surface area contributed by atoms with E-state index < -0.39 is 0 Å². The maximum absolute atomic E-state index is 6.58. The molecule has 2 atom stereocenters. The second kappa shape index (κ2) is 5.71. The van der Waals surface area contributed by atoms with Gasteiger partial charge in [-0.25, -0.2) is 0 Å². The van der Waals surface area contributed by atoms with Crippen LogP contribution in [0.25, 0.3) is 0 Å². The highest BCUT2D eigenvalue weighted by Gasteiger charge is 2.38. The van der Waals surface area contributed by atoms with Crippen LogP contribution in [-0.4, -0.2) is 29.6 Å². The lowest BCUT2D eigenvalue weighted by molar-refractivity contribution is 0.0896. The van der Waals surface area contributed by atoms with Gasteiger partial charge in [-0.1, -0.05) is 32.6 Å². The normalized spacial score (nSPS) is 28.4. The van der Waals surface area contributed by atoms with Gasteiger partial charge in [0.25, 0.3) is 0 Å². The summed E-state index contributed by atoms with van der Waals surface area (Å²) in [4.78, 5) is 2.66. The molecule has 0 bridgehead atoms. The van der Waals surface area contributed by atoms with Crippen LogP contribution in [-0.2, 0) is 0 Å². The van der Waals surface area contributed by atoms with Crippen LogP contribution in [0.15, 0.2) is 0 Å². The fourth-order valence-corrected chi connectivity index (χ4v) is 3.81. The fraction of sp³-hybridized carbons (Fsp3) is 1.00. The summed E-state index contributed by atoms with van der Waals surface area (Å²) in [6, 6.07) is 0.369. The van der Waals surface area contributed by atoms with Crippen molar-refractivity contribution < 1.29 is 0 Å². The first-order valence-electron chi connectivity index (χ1n) is 7.67. The molecule has 1 saturated heterocycles. The number of nitrogens with zero attached hydrogens (tertiary/aromatic N) is 1. The number of hydrogen-bond donors (Lipinski definition) is 1. The van der Waals surface area contributed by atoms with E-state index in [9.17, 15) is 0 Å². The minimum atomic E-state index is 0.249. The Kier molecular flexibility index (Phi) is 4.48. The average Bonchev–Trinajstić information content (AvgIpc) is 3.00. The summed E-state index contributed by atoms with van der Waals surface area (Å²) >= 11 is 0. The van der Waals surface area contributed by atoms with E-state index in [1.54, 1.807) is 0 Å². The third-order valence-electron chi connectivity index (χ3n) is 5.41. The number of hydrogen-bond acceptors (Lipinski definition) is 2. The molecule has 1 saturated carbocycles. The second-order valence-electron chi connectivity index (χ2n) is 6.40. The van der Waals surface area contributed by atoms with Crippen LogP contribution in [0.2, 0.25) is 0 Å². The summed E-state index contributed by atoms with van der Waals surface area (Å²) in [7, 11) is 0. The van der Waals surface area contributed by atoms with Gasteiger partial charge in [-0.3, -0.25) is 4.90 Å². The van der Waals surface area contributed by atoms with Crippen LogP contribution < -0.4 is 5.73 Å². The first kappa shape index (κ1) is 13.4. The zero-order valence-corrected chi connectivity index (χ0v) is 11.8. The van der Waals surface area contributed by atoms with Gasteiger partial charge in [-0.15, -0.1) is 0 Å². The Labute approximate surface area is 107 Å². The highest BCUT2D eigenvalue weighted by atomic mass is 15.2. The van der Waals surface area contributed by atoms with E-state index in [0.717, 1.165) is 5.92 Å². The van der Waals surface area contributed by atoms with E-state index in [4.69, 9.17) is 5.73 Å². The summed E-state index contributed by atoms with van der Waals surface area (Å²) < 4.78 is 0. The SMILES string of the molecule is CCC(C)(C(N)CC1CCCC1)N1CCCC1. The molecule has 2 fully saturated rings. The van der Waals surface area contributed by atoms with Crippen LogP contribution in [0.3, 0.4) is 0 Å². The molecule has 0 aromatic heterocycles. The Morgan fingerprint density at radius 1 is 1.18 bits per heavy atom. The average molecular weight is 238 g/mol. The van der Waals surface area contributed by atoms with E-state index in [2.05, 4.69) is 18.7 Å². The molecule has 2 N–H and O–H groups in total. The molecule has 0 aromatic carbocycles. The number of rotatable bonds is 5. The van der Waals surface area contributed by atoms with Gasteiger partial charge < -0.3 is 5.73 Å². The number of likely N-dealkylation sites (tertiary alicyclic amines) is 1. The third-order valence-corrected chi connectivity index (χ3v) is 5.41. The van der Waals surface area contributed by atoms with Crippen molar-refractivity contribution in [3.8, 4) is 0 Å². The highest BCUT2D eigenvalue weighted by Crippen LogP contribution is 2.34. The van der Waals surface area contributed by atoms with Crippen molar-refractivity contribution in [1.82, 2.24) is 4.90 Å². The minimum Gasteiger partial charge on any atom is -0.326 e. The summed E-state index contributed by atoms with van der Waals surface area (Å²) in [5.41, 5.74) is 6.83. The highest BCUT2D eigenvalue weighted by molar-refractivity contribution is 4.97. The summed E-state index contributed by atoms with van der Waals surface area (Å²) in [5.74, 6) is 0.915. The number of nitrogens with two attached hydrogens (primary N) is 1. The molecule has 17 heavy (non-hydrogen) atoms. The van der Waals surface area contributed by atoms with Crippen LogP contribution >= 0.6 is 0 Å². The zero-order chi connectivity index (χ0) is 12.3. The molecule has 0 amide bonds. The Hall–Kier alpha value is -0.0800. The van der Waals surface area contributed by atoms with Gasteiger partial charge in [-0.05, 0) is 51.6 Å². The predicted octanol–water partition coefficient (Wildman–Crippen LogP) is 3.16. The summed E-state index contributed by atoms with van der Waals surface area (Å²) in [6.07, 6.45) is 10.9. The van der Waals surface area contributed by atoms with E-state index in [0.29, 0.717) is 6.04 Å². The maximum Gasteiger partial charge on any atom is 0.0329 e. The second-order valence-corrected chi connectivity index (χ2v) is 6.40. The van der Waals surface area contributed by atoms with Gasteiger partial charge in [0.1, 0.15) is 0 Å². The topological polar surface area (TPSA) is 29.3 Å². The lowest BCUT2D eigenvalue weighted by Gasteiger charge is -2.43.